The zero-order chi connectivity index (χ0) is 15.4. The standard InChI is InChI=1S/C16H20N4O2/c1-22-14-4-2-12(3-5-14)10-18-15-6-8-17-16(19-15)20-9-7-13(21)11-20/h2-6,8,13,21H,7,9-11H2,1H3,(H,17,18,19)/t13-/m0/s1. The predicted octanol–water partition coefficient (Wildman–Crippen LogP) is 1.67. The Balaban J connectivity index is 1.62. The molecule has 0 unspecified atom stereocenters. The van der Waals surface area contributed by atoms with E-state index >= 15 is 0 Å². The molecule has 6 heteroatoms. The van der Waals surface area contributed by atoms with Crippen LogP contribution in [0.3, 0.4) is 0 Å². The van der Waals surface area contributed by atoms with Crippen LogP contribution >= 0.6 is 0 Å². The van der Waals surface area contributed by atoms with Gasteiger partial charge in [0.05, 0.1) is 13.2 Å². The van der Waals surface area contributed by atoms with Gasteiger partial charge in [-0.05, 0) is 30.2 Å². The van der Waals surface area contributed by atoms with Crippen LogP contribution in [0.2, 0.25) is 0 Å². The lowest BCUT2D eigenvalue weighted by atomic mass is 10.2. The van der Waals surface area contributed by atoms with Crippen molar-refractivity contribution in [2.45, 2.75) is 19.1 Å². The number of β-amino-alcohol motifs (C(OH)–C–C–N with tert-alkyl or cyclic N) is 1. The Morgan fingerprint density at radius 3 is 2.82 bits per heavy atom. The fraction of sp³-hybridized carbons (Fsp3) is 0.375. The summed E-state index contributed by atoms with van der Waals surface area (Å²) in [5.74, 6) is 2.29. The number of hydrogen-bond donors (Lipinski definition) is 2. The molecule has 0 amide bonds. The summed E-state index contributed by atoms with van der Waals surface area (Å²) in [6.07, 6.45) is 2.23. The van der Waals surface area contributed by atoms with E-state index in [1.165, 1.54) is 0 Å². The van der Waals surface area contributed by atoms with E-state index in [9.17, 15) is 5.11 Å². The van der Waals surface area contributed by atoms with Crippen molar-refractivity contribution >= 4 is 11.8 Å². The van der Waals surface area contributed by atoms with Crippen LogP contribution in [0.15, 0.2) is 36.5 Å². The van der Waals surface area contributed by atoms with Crippen molar-refractivity contribution in [3.63, 3.8) is 0 Å². The molecule has 2 N–H and O–H groups in total. The Morgan fingerprint density at radius 2 is 2.14 bits per heavy atom. The Kier molecular flexibility index (Phi) is 4.39. The van der Waals surface area contributed by atoms with Gasteiger partial charge in [-0.3, -0.25) is 0 Å². The molecule has 2 heterocycles. The van der Waals surface area contributed by atoms with Gasteiger partial charge < -0.3 is 20.1 Å². The van der Waals surface area contributed by atoms with E-state index in [1.807, 2.05) is 35.2 Å². The molecule has 6 nitrogen and oxygen atoms in total. The molecule has 1 fully saturated rings. The number of rotatable bonds is 5. The van der Waals surface area contributed by atoms with Gasteiger partial charge >= 0.3 is 0 Å². The molecule has 1 aromatic carbocycles. The molecular weight excluding hydrogens is 280 g/mol. The summed E-state index contributed by atoms with van der Waals surface area (Å²) >= 11 is 0. The summed E-state index contributed by atoms with van der Waals surface area (Å²) in [5.41, 5.74) is 1.15. The van der Waals surface area contributed by atoms with E-state index < -0.39 is 0 Å². The number of aliphatic hydroxyl groups excluding tert-OH is 1. The van der Waals surface area contributed by atoms with Crippen molar-refractivity contribution in [2.24, 2.45) is 0 Å². The second kappa shape index (κ2) is 6.62. The zero-order valence-electron chi connectivity index (χ0n) is 12.6. The molecule has 2 aromatic rings. The van der Waals surface area contributed by atoms with Crippen molar-refractivity contribution in [3.8, 4) is 5.75 Å². The third-order valence-corrected chi connectivity index (χ3v) is 3.72. The first kappa shape index (κ1) is 14.6. The van der Waals surface area contributed by atoms with Crippen molar-refractivity contribution < 1.29 is 9.84 Å². The molecular formula is C16H20N4O2. The van der Waals surface area contributed by atoms with E-state index in [1.54, 1.807) is 13.3 Å². The minimum Gasteiger partial charge on any atom is -0.497 e. The number of benzene rings is 1. The van der Waals surface area contributed by atoms with Crippen LogP contribution in [0.5, 0.6) is 5.75 Å². The second-order valence-electron chi connectivity index (χ2n) is 5.33. The van der Waals surface area contributed by atoms with E-state index in [0.29, 0.717) is 19.0 Å². The number of methoxy groups -OCH3 is 1. The zero-order valence-corrected chi connectivity index (χ0v) is 12.6. The fourth-order valence-electron chi connectivity index (χ4n) is 2.46. The Hall–Kier alpha value is -2.34. The summed E-state index contributed by atoms with van der Waals surface area (Å²) in [6.45, 7) is 2.08. The van der Waals surface area contributed by atoms with E-state index in [4.69, 9.17) is 4.74 Å². The van der Waals surface area contributed by atoms with Gasteiger partial charge in [0.15, 0.2) is 0 Å². The highest BCUT2D eigenvalue weighted by Gasteiger charge is 2.22. The van der Waals surface area contributed by atoms with Crippen LogP contribution in [0.1, 0.15) is 12.0 Å². The first-order valence-electron chi connectivity index (χ1n) is 7.37. The molecule has 1 aliphatic heterocycles. The number of hydrogen-bond acceptors (Lipinski definition) is 6. The van der Waals surface area contributed by atoms with Crippen LogP contribution in [0.25, 0.3) is 0 Å². The minimum atomic E-state index is -0.278. The van der Waals surface area contributed by atoms with Crippen molar-refractivity contribution in [1.82, 2.24) is 9.97 Å². The molecule has 22 heavy (non-hydrogen) atoms. The number of anilines is 2. The van der Waals surface area contributed by atoms with Crippen molar-refractivity contribution in [2.75, 3.05) is 30.4 Å². The van der Waals surface area contributed by atoms with Crippen LogP contribution < -0.4 is 15.0 Å². The smallest absolute Gasteiger partial charge is 0.227 e. The molecule has 3 rings (SSSR count). The molecule has 1 saturated heterocycles. The number of nitrogens with zero attached hydrogens (tertiary/aromatic N) is 3. The van der Waals surface area contributed by atoms with Crippen molar-refractivity contribution in [1.29, 1.82) is 0 Å². The van der Waals surface area contributed by atoms with E-state index in [2.05, 4.69) is 15.3 Å². The van der Waals surface area contributed by atoms with Crippen LogP contribution in [-0.4, -0.2) is 41.4 Å². The van der Waals surface area contributed by atoms with E-state index in [-0.39, 0.29) is 6.10 Å². The maximum atomic E-state index is 9.60. The molecule has 0 aliphatic carbocycles. The summed E-state index contributed by atoms with van der Waals surface area (Å²) in [5, 5.41) is 12.9. The number of nitrogens with one attached hydrogen (secondary N) is 1. The average molecular weight is 300 g/mol. The third kappa shape index (κ3) is 3.46. The number of aromatic nitrogens is 2. The highest BCUT2D eigenvalue weighted by Crippen LogP contribution is 2.18. The van der Waals surface area contributed by atoms with Gasteiger partial charge in [-0.15, -0.1) is 0 Å². The van der Waals surface area contributed by atoms with Gasteiger partial charge in [0.2, 0.25) is 5.95 Å². The summed E-state index contributed by atoms with van der Waals surface area (Å²) in [4.78, 5) is 10.8. The van der Waals surface area contributed by atoms with Gasteiger partial charge in [-0.2, -0.15) is 4.98 Å². The first-order valence-corrected chi connectivity index (χ1v) is 7.37. The molecule has 116 valence electrons. The highest BCUT2D eigenvalue weighted by molar-refractivity contribution is 5.42. The van der Waals surface area contributed by atoms with Crippen LogP contribution in [0.4, 0.5) is 11.8 Å². The van der Waals surface area contributed by atoms with Gasteiger partial charge in [0.1, 0.15) is 11.6 Å². The van der Waals surface area contributed by atoms with Gasteiger partial charge in [0.25, 0.3) is 0 Å². The lowest BCUT2D eigenvalue weighted by Gasteiger charge is -2.16. The fourth-order valence-corrected chi connectivity index (χ4v) is 2.46. The first-order chi connectivity index (χ1) is 10.7. The largest absolute Gasteiger partial charge is 0.497 e. The minimum absolute atomic E-state index is 0.278. The lowest BCUT2D eigenvalue weighted by Crippen LogP contribution is -2.23. The topological polar surface area (TPSA) is 70.5 Å². The average Bonchev–Trinajstić information content (AvgIpc) is 3.00. The predicted molar refractivity (Wildman–Crippen MR) is 85.2 cm³/mol. The Labute approximate surface area is 129 Å². The molecule has 0 spiro atoms. The maximum absolute atomic E-state index is 9.60. The molecule has 1 atom stereocenters. The third-order valence-electron chi connectivity index (χ3n) is 3.72. The van der Waals surface area contributed by atoms with Crippen LogP contribution in [0, 0.1) is 0 Å². The van der Waals surface area contributed by atoms with Gasteiger partial charge in [-0.25, -0.2) is 4.98 Å². The quantitative estimate of drug-likeness (QED) is 0.875. The molecule has 1 aliphatic rings. The molecule has 1 aromatic heterocycles. The molecule has 0 radical (unpaired) electrons. The maximum Gasteiger partial charge on any atom is 0.227 e. The highest BCUT2D eigenvalue weighted by atomic mass is 16.5. The normalized spacial score (nSPS) is 17.5. The van der Waals surface area contributed by atoms with Gasteiger partial charge in [0, 0.05) is 25.8 Å². The lowest BCUT2D eigenvalue weighted by molar-refractivity contribution is 0.198. The van der Waals surface area contributed by atoms with Gasteiger partial charge in [-0.1, -0.05) is 12.1 Å². The monoisotopic (exact) mass is 300 g/mol. The summed E-state index contributed by atoms with van der Waals surface area (Å²) < 4.78 is 5.15. The summed E-state index contributed by atoms with van der Waals surface area (Å²) in [7, 11) is 1.66. The Morgan fingerprint density at radius 1 is 1.32 bits per heavy atom. The SMILES string of the molecule is COc1ccc(CNc2ccnc(N3CC[C@H](O)C3)n2)cc1. The van der Waals surface area contributed by atoms with Crippen molar-refractivity contribution in [3.05, 3.63) is 42.1 Å². The Bertz CT molecular complexity index is 618. The second-order valence-corrected chi connectivity index (χ2v) is 5.33. The molecule has 0 saturated carbocycles. The molecule has 0 bridgehead atoms. The summed E-state index contributed by atoms with van der Waals surface area (Å²) in [6, 6.07) is 9.76. The van der Waals surface area contributed by atoms with Crippen LogP contribution in [-0.2, 0) is 6.54 Å². The van der Waals surface area contributed by atoms with E-state index in [0.717, 1.165) is 30.1 Å². The number of ether oxygens (including phenoxy) is 1. The number of aliphatic hydroxyl groups is 1.